The SMILES string of the molecule is Cc1oc(C(=O)O)cc1S(=O)(=O)N1CCOC[C@H]1C. The third-order valence-electron chi connectivity index (χ3n) is 2.98. The Bertz CT molecular complexity index is 590. The van der Waals surface area contributed by atoms with Crippen LogP contribution in [0.4, 0.5) is 0 Å². The maximum atomic E-state index is 12.5. The van der Waals surface area contributed by atoms with Crippen molar-refractivity contribution < 1.29 is 27.5 Å². The van der Waals surface area contributed by atoms with Crippen LogP contribution in [0, 0.1) is 6.92 Å². The predicted octanol–water partition coefficient (Wildman–Crippen LogP) is 0.696. The van der Waals surface area contributed by atoms with Crippen molar-refractivity contribution in [3.05, 3.63) is 17.6 Å². The first-order valence-corrected chi connectivity index (χ1v) is 7.21. The van der Waals surface area contributed by atoms with Crippen LogP contribution in [0.1, 0.15) is 23.2 Å². The fraction of sp³-hybridized carbons (Fsp3) is 0.545. The molecular formula is C11H15NO6S. The quantitative estimate of drug-likeness (QED) is 0.879. The van der Waals surface area contributed by atoms with E-state index in [1.54, 1.807) is 6.92 Å². The molecule has 0 amide bonds. The summed E-state index contributed by atoms with van der Waals surface area (Å²) in [4.78, 5) is 10.7. The molecule has 1 aromatic rings. The van der Waals surface area contributed by atoms with Gasteiger partial charge >= 0.3 is 5.97 Å². The van der Waals surface area contributed by atoms with Crippen LogP contribution in [0.2, 0.25) is 0 Å². The molecule has 1 atom stereocenters. The van der Waals surface area contributed by atoms with E-state index in [4.69, 9.17) is 14.3 Å². The van der Waals surface area contributed by atoms with Gasteiger partial charge in [0, 0.05) is 18.7 Å². The number of nitrogens with zero attached hydrogens (tertiary/aromatic N) is 1. The number of carboxylic acid groups (broad SMARTS) is 1. The minimum atomic E-state index is -3.76. The van der Waals surface area contributed by atoms with Gasteiger partial charge in [-0.2, -0.15) is 4.31 Å². The smallest absolute Gasteiger partial charge is 0.371 e. The summed E-state index contributed by atoms with van der Waals surface area (Å²) >= 11 is 0. The van der Waals surface area contributed by atoms with Gasteiger partial charge in [0.2, 0.25) is 15.8 Å². The third-order valence-corrected chi connectivity index (χ3v) is 5.10. The van der Waals surface area contributed by atoms with Crippen LogP contribution in [-0.2, 0) is 14.8 Å². The van der Waals surface area contributed by atoms with Gasteiger partial charge < -0.3 is 14.3 Å². The van der Waals surface area contributed by atoms with Crippen LogP contribution in [0.3, 0.4) is 0 Å². The molecule has 106 valence electrons. The number of ether oxygens (including phenoxy) is 1. The van der Waals surface area contributed by atoms with Crippen molar-refractivity contribution in [1.29, 1.82) is 0 Å². The summed E-state index contributed by atoms with van der Waals surface area (Å²) in [5.41, 5.74) is 0. The van der Waals surface area contributed by atoms with Gasteiger partial charge in [-0.3, -0.25) is 0 Å². The van der Waals surface area contributed by atoms with Crippen LogP contribution in [0.25, 0.3) is 0 Å². The van der Waals surface area contributed by atoms with Gasteiger partial charge in [-0.05, 0) is 13.8 Å². The molecule has 2 heterocycles. The van der Waals surface area contributed by atoms with Gasteiger partial charge in [0.05, 0.1) is 13.2 Å². The van der Waals surface area contributed by atoms with Crippen molar-refractivity contribution >= 4 is 16.0 Å². The summed E-state index contributed by atoms with van der Waals surface area (Å²) in [6, 6.07) is 0.760. The molecule has 1 aliphatic heterocycles. The zero-order valence-electron chi connectivity index (χ0n) is 10.6. The largest absolute Gasteiger partial charge is 0.475 e. The van der Waals surface area contributed by atoms with E-state index in [0.29, 0.717) is 13.2 Å². The van der Waals surface area contributed by atoms with Gasteiger partial charge in [-0.25, -0.2) is 13.2 Å². The number of carbonyl (C=O) groups is 1. The fourth-order valence-electron chi connectivity index (χ4n) is 2.02. The molecule has 2 rings (SSSR count). The van der Waals surface area contributed by atoms with E-state index in [0.717, 1.165) is 6.07 Å². The topological polar surface area (TPSA) is 97.0 Å². The van der Waals surface area contributed by atoms with Gasteiger partial charge in [0.25, 0.3) is 0 Å². The number of furan rings is 1. The molecule has 8 heteroatoms. The Morgan fingerprint density at radius 2 is 2.21 bits per heavy atom. The van der Waals surface area contributed by atoms with Gasteiger partial charge in [-0.1, -0.05) is 0 Å². The second kappa shape index (κ2) is 4.95. The summed E-state index contributed by atoms with van der Waals surface area (Å²) in [5, 5.41) is 8.83. The Morgan fingerprint density at radius 1 is 1.53 bits per heavy atom. The average molecular weight is 289 g/mol. The highest BCUT2D eigenvalue weighted by molar-refractivity contribution is 7.89. The fourth-order valence-corrected chi connectivity index (χ4v) is 3.79. The molecule has 0 unspecified atom stereocenters. The molecule has 1 fully saturated rings. The lowest BCUT2D eigenvalue weighted by atomic mass is 10.3. The lowest BCUT2D eigenvalue weighted by molar-refractivity contribution is 0.0392. The molecule has 1 aliphatic rings. The Labute approximate surface area is 110 Å². The van der Waals surface area contributed by atoms with E-state index in [2.05, 4.69) is 0 Å². The molecule has 0 saturated carbocycles. The van der Waals surface area contributed by atoms with Gasteiger partial charge in [0.1, 0.15) is 10.7 Å². The molecule has 1 saturated heterocycles. The average Bonchev–Trinajstić information content (AvgIpc) is 2.72. The molecule has 19 heavy (non-hydrogen) atoms. The van der Waals surface area contributed by atoms with Crippen molar-refractivity contribution in [2.45, 2.75) is 24.8 Å². The summed E-state index contributed by atoms with van der Waals surface area (Å²) in [5.74, 6) is -1.59. The Morgan fingerprint density at radius 3 is 2.74 bits per heavy atom. The van der Waals surface area contributed by atoms with Gasteiger partial charge in [0.15, 0.2) is 0 Å². The second-order valence-corrected chi connectivity index (χ2v) is 6.23. The number of sulfonamides is 1. The Balaban J connectivity index is 2.41. The standard InChI is InChI=1S/C11H15NO6S/c1-7-6-17-4-3-12(7)19(15,16)10-5-9(11(13)14)18-8(10)2/h5,7H,3-4,6H2,1-2H3,(H,13,14)/t7-/m1/s1. The molecule has 0 aliphatic carbocycles. The number of morpholine rings is 1. The van der Waals surface area contributed by atoms with Crippen LogP contribution in [0.15, 0.2) is 15.4 Å². The van der Waals surface area contributed by atoms with E-state index in [1.165, 1.54) is 11.2 Å². The Hall–Kier alpha value is -1.38. The van der Waals surface area contributed by atoms with E-state index in [1.807, 2.05) is 0 Å². The maximum Gasteiger partial charge on any atom is 0.371 e. The van der Waals surface area contributed by atoms with Crippen molar-refractivity contribution in [3.63, 3.8) is 0 Å². The molecule has 0 spiro atoms. The number of hydrogen-bond acceptors (Lipinski definition) is 5. The maximum absolute atomic E-state index is 12.5. The minimum absolute atomic E-state index is 0.0797. The summed E-state index contributed by atoms with van der Waals surface area (Å²) in [6.07, 6.45) is 0. The summed E-state index contributed by atoms with van der Waals surface area (Å²) < 4.78 is 36.4. The van der Waals surface area contributed by atoms with Crippen molar-refractivity contribution in [1.82, 2.24) is 4.31 Å². The van der Waals surface area contributed by atoms with Crippen LogP contribution in [-0.4, -0.2) is 49.6 Å². The summed E-state index contributed by atoms with van der Waals surface area (Å²) in [6.45, 7) is 4.07. The molecule has 0 radical (unpaired) electrons. The van der Waals surface area contributed by atoms with Crippen LogP contribution < -0.4 is 0 Å². The highest BCUT2D eigenvalue weighted by Gasteiger charge is 2.34. The van der Waals surface area contributed by atoms with Gasteiger partial charge in [-0.15, -0.1) is 0 Å². The molecule has 7 nitrogen and oxygen atoms in total. The zero-order valence-corrected chi connectivity index (χ0v) is 11.4. The van der Waals surface area contributed by atoms with Crippen molar-refractivity contribution in [2.75, 3.05) is 19.8 Å². The number of carboxylic acids is 1. The van der Waals surface area contributed by atoms with Crippen molar-refractivity contribution in [3.8, 4) is 0 Å². The first-order valence-electron chi connectivity index (χ1n) is 5.77. The third kappa shape index (κ3) is 2.51. The lowest BCUT2D eigenvalue weighted by Crippen LogP contribution is -2.46. The molecular weight excluding hydrogens is 274 g/mol. The van der Waals surface area contributed by atoms with Crippen molar-refractivity contribution in [2.24, 2.45) is 0 Å². The van der Waals surface area contributed by atoms with E-state index in [9.17, 15) is 13.2 Å². The predicted molar refractivity (Wildman–Crippen MR) is 64.6 cm³/mol. The number of rotatable bonds is 3. The second-order valence-electron chi connectivity index (χ2n) is 4.38. The normalized spacial score (nSPS) is 21.5. The molecule has 1 N–H and O–H groups in total. The number of aromatic carboxylic acids is 1. The monoisotopic (exact) mass is 289 g/mol. The van der Waals surface area contributed by atoms with Crippen LogP contribution in [0.5, 0.6) is 0 Å². The number of aryl methyl sites for hydroxylation is 1. The zero-order chi connectivity index (χ0) is 14.2. The molecule has 1 aromatic heterocycles. The highest BCUT2D eigenvalue weighted by atomic mass is 32.2. The van der Waals surface area contributed by atoms with Crippen LogP contribution >= 0.6 is 0 Å². The number of hydrogen-bond donors (Lipinski definition) is 1. The highest BCUT2D eigenvalue weighted by Crippen LogP contribution is 2.26. The van der Waals surface area contributed by atoms with E-state index < -0.39 is 16.0 Å². The lowest BCUT2D eigenvalue weighted by Gasteiger charge is -2.31. The van der Waals surface area contributed by atoms with E-state index >= 15 is 0 Å². The molecule has 0 aromatic carbocycles. The van der Waals surface area contributed by atoms with E-state index in [-0.39, 0.29) is 29.0 Å². The Kier molecular flexibility index (Phi) is 3.66. The summed E-state index contributed by atoms with van der Waals surface area (Å²) in [7, 11) is -3.76. The first-order chi connectivity index (χ1) is 8.84. The molecule has 0 bridgehead atoms. The minimum Gasteiger partial charge on any atom is -0.475 e. The first kappa shape index (κ1) is 14.0.